The van der Waals surface area contributed by atoms with Crippen LogP contribution in [0.3, 0.4) is 0 Å². The van der Waals surface area contributed by atoms with Crippen LogP contribution in [0.4, 0.5) is 5.69 Å². The second kappa shape index (κ2) is 6.04. The van der Waals surface area contributed by atoms with Crippen molar-refractivity contribution in [2.75, 3.05) is 18.9 Å². The van der Waals surface area contributed by atoms with E-state index in [0.717, 1.165) is 39.8 Å². The SMILES string of the molecule is CC(=O)Nc1c2c(nc3ccccc13)C1Oc3c(O)ccc4c3[C@@]13CCN(C)C(C4)C3(O)C2. The number of anilines is 1. The summed E-state index contributed by atoms with van der Waals surface area (Å²) in [6.07, 6.45) is 1.20. The first-order valence-corrected chi connectivity index (χ1v) is 11.5. The molecular formula is C26H25N3O4. The number of nitrogens with zero attached hydrogens (tertiary/aromatic N) is 2. The lowest BCUT2D eigenvalue weighted by molar-refractivity contribution is -0.167. The number of phenolic OH excluding ortho intramolecular Hbond substituents is 1. The molecule has 1 fully saturated rings. The second-order valence-corrected chi connectivity index (χ2v) is 10.0. The van der Waals surface area contributed by atoms with Gasteiger partial charge < -0.3 is 25.2 Å². The molecule has 2 bridgehead atoms. The van der Waals surface area contributed by atoms with Crippen LogP contribution in [0.25, 0.3) is 10.9 Å². The van der Waals surface area contributed by atoms with E-state index in [1.54, 1.807) is 6.07 Å². The van der Waals surface area contributed by atoms with Crippen LogP contribution in [0.1, 0.15) is 41.8 Å². The summed E-state index contributed by atoms with van der Waals surface area (Å²) >= 11 is 0. The Labute approximate surface area is 191 Å². The summed E-state index contributed by atoms with van der Waals surface area (Å²) in [6.45, 7) is 2.32. The number of piperidine rings is 1. The molecule has 3 aromatic rings. The zero-order chi connectivity index (χ0) is 22.7. The molecule has 0 radical (unpaired) electrons. The number of aromatic hydroxyl groups is 1. The molecule has 1 aromatic heterocycles. The van der Waals surface area contributed by atoms with E-state index in [1.165, 1.54) is 6.92 Å². The van der Waals surface area contributed by atoms with Crippen molar-refractivity contribution in [3.8, 4) is 11.5 Å². The van der Waals surface area contributed by atoms with Crippen molar-refractivity contribution >= 4 is 22.5 Å². The first-order valence-electron chi connectivity index (χ1n) is 11.5. The van der Waals surface area contributed by atoms with Crippen molar-refractivity contribution in [3.05, 3.63) is 58.8 Å². The van der Waals surface area contributed by atoms with Crippen LogP contribution in [0.15, 0.2) is 36.4 Å². The molecule has 4 atom stereocenters. The summed E-state index contributed by atoms with van der Waals surface area (Å²) in [6, 6.07) is 11.3. The third-order valence-electron chi connectivity index (χ3n) is 8.50. The molecule has 7 rings (SSSR count). The van der Waals surface area contributed by atoms with E-state index in [1.807, 2.05) is 30.3 Å². The Morgan fingerprint density at radius 2 is 2.09 bits per heavy atom. The summed E-state index contributed by atoms with van der Waals surface area (Å²) in [4.78, 5) is 19.5. The predicted molar refractivity (Wildman–Crippen MR) is 123 cm³/mol. The number of rotatable bonds is 1. The summed E-state index contributed by atoms with van der Waals surface area (Å²) in [5.74, 6) is 0.404. The number of carbonyl (C=O) groups excluding carboxylic acids is 1. The molecule has 3 heterocycles. The Balaban J connectivity index is 1.59. The summed E-state index contributed by atoms with van der Waals surface area (Å²) in [7, 11) is 2.06. The number of hydrogen-bond donors (Lipinski definition) is 3. The van der Waals surface area contributed by atoms with Crippen LogP contribution in [0, 0.1) is 0 Å². The minimum atomic E-state index is -1.12. The molecule has 2 aliphatic carbocycles. The molecule has 1 spiro atoms. The van der Waals surface area contributed by atoms with Crippen LogP contribution in [-0.4, -0.2) is 51.2 Å². The number of likely N-dealkylation sites (N-methyl/N-ethyl adjacent to an activating group) is 1. The Hall–Kier alpha value is -3.16. The number of carbonyl (C=O) groups is 1. The van der Waals surface area contributed by atoms with Crippen molar-refractivity contribution in [1.82, 2.24) is 9.88 Å². The van der Waals surface area contributed by atoms with E-state index in [0.29, 0.717) is 30.7 Å². The van der Waals surface area contributed by atoms with Crippen molar-refractivity contribution in [2.24, 2.45) is 0 Å². The number of ether oxygens (including phenoxy) is 1. The third-order valence-corrected chi connectivity index (χ3v) is 8.50. The molecule has 3 unspecified atom stereocenters. The number of aliphatic hydroxyl groups is 1. The number of nitrogens with one attached hydrogen (secondary N) is 1. The van der Waals surface area contributed by atoms with Crippen LogP contribution >= 0.6 is 0 Å². The van der Waals surface area contributed by atoms with Crippen molar-refractivity contribution in [3.63, 3.8) is 0 Å². The van der Waals surface area contributed by atoms with Gasteiger partial charge in [0, 0.05) is 35.9 Å². The average Bonchev–Trinajstić information content (AvgIpc) is 3.14. The fraction of sp³-hybridized carbons (Fsp3) is 0.385. The van der Waals surface area contributed by atoms with Crippen LogP contribution in [-0.2, 0) is 23.1 Å². The van der Waals surface area contributed by atoms with E-state index in [9.17, 15) is 15.0 Å². The van der Waals surface area contributed by atoms with Crippen LogP contribution in [0.5, 0.6) is 11.5 Å². The smallest absolute Gasteiger partial charge is 0.221 e. The standard InChI is InChI=1S/C26H25N3O4/c1-13(30)27-21-15-5-3-4-6-17(15)28-22-16(21)12-26(32)19-11-14-7-8-18(31)23-20(14)25(26,24(22)33-23)9-10-29(19)2/h3-8,19,24,31-32H,9-12H2,1-2H3,(H,27,28,30)/t19?,24?,25-,26?/m0/s1. The quantitative estimate of drug-likeness (QED) is 0.536. The summed E-state index contributed by atoms with van der Waals surface area (Å²) in [5.41, 5.74) is 3.28. The molecule has 1 amide bonds. The van der Waals surface area contributed by atoms with Gasteiger partial charge in [-0.3, -0.25) is 4.79 Å². The molecular weight excluding hydrogens is 418 g/mol. The normalized spacial score (nSPS) is 31.0. The molecule has 33 heavy (non-hydrogen) atoms. The van der Waals surface area contributed by atoms with Gasteiger partial charge >= 0.3 is 0 Å². The maximum absolute atomic E-state index is 12.6. The number of amides is 1. The Bertz CT molecular complexity index is 1390. The molecule has 168 valence electrons. The fourth-order valence-electron chi connectivity index (χ4n) is 7.18. The van der Waals surface area contributed by atoms with Gasteiger partial charge in [-0.1, -0.05) is 24.3 Å². The summed E-state index contributed by atoms with van der Waals surface area (Å²) < 4.78 is 6.54. The van der Waals surface area contributed by atoms with Gasteiger partial charge in [0.25, 0.3) is 0 Å². The van der Waals surface area contributed by atoms with Crippen LogP contribution < -0.4 is 10.1 Å². The largest absolute Gasteiger partial charge is 0.504 e. The molecule has 7 heteroatoms. The molecule has 2 aliphatic heterocycles. The molecule has 7 nitrogen and oxygen atoms in total. The fourth-order valence-corrected chi connectivity index (χ4v) is 7.18. The lowest BCUT2D eigenvalue weighted by Gasteiger charge is -2.62. The molecule has 1 saturated heterocycles. The highest BCUT2D eigenvalue weighted by atomic mass is 16.5. The van der Waals surface area contributed by atoms with E-state index < -0.39 is 17.1 Å². The van der Waals surface area contributed by atoms with Gasteiger partial charge in [-0.15, -0.1) is 0 Å². The first-order chi connectivity index (χ1) is 15.8. The average molecular weight is 444 g/mol. The topological polar surface area (TPSA) is 94.9 Å². The van der Waals surface area contributed by atoms with E-state index in [2.05, 4.69) is 17.3 Å². The summed E-state index contributed by atoms with van der Waals surface area (Å²) in [5, 5.41) is 27.2. The maximum atomic E-state index is 12.6. The predicted octanol–water partition coefficient (Wildman–Crippen LogP) is 2.82. The van der Waals surface area contributed by atoms with Gasteiger partial charge in [0.15, 0.2) is 17.6 Å². The number of pyridine rings is 1. The zero-order valence-corrected chi connectivity index (χ0v) is 18.6. The second-order valence-electron chi connectivity index (χ2n) is 10.0. The van der Waals surface area contributed by atoms with Gasteiger partial charge in [-0.2, -0.15) is 0 Å². The van der Waals surface area contributed by atoms with E-state index >= 15 is 0 Å². The van der Waals surface area contributed by atoms with Gasteiger partial charge in [0.05, 0.1) is 27.9 Å². The Morgan fingerprint density at radius 1 is 1.27 bits per heavy atom. The van der Waals surface area contributed by atoms with Crippen LogP contribution in [0.2, 0.25) is 0 Å². The highest BCUT2D eigenvalue weighted by Crippen LogP contribution is 2.68. The third kappa shape index (κ3) is 2.13. The minimum absolute atomic E-state index is 0.0988. The van der Waals surface area contributed by atoms with Gasteiger partial charge in [-0.25, -0.2) is 4.98 Å². The highest BCUT2D eigenvalue weighted by molar-refractivity contribution is 6.02. The number of phenols is 1. The molecule has 2 aromatic carbocycles. The van der Waals surface area contributed by atoms with E-state index in [4.69, 9.17) is 9.72 Å². The van der Waals surface area contributed by atoms with Crippen molar-refractivity contribution in [1.29, 1.82) is 0 Å². The molecule has 4 aliphatic rings. The van der Waals surface area contributed by atoms with Gasteiger partial charge in [0.1, 0.15) is 0 Å². The molecule has 0 saturated carbocycles. The molecule has 3 N–H and O–H groups in total. The Kier molecular flexibility index (Phi) is 3.54. The number of hydrogen-bond acceptors (Lipinski definition) is 6. The van der Waals surface area contributed by atoms with Crippen molar-refractivity contribution < 1.29 is 19.7 Å². The lowest BCUT2D eigenvalue weighted by Crippen LogP contribution is -2.74. The number of para-hydroxylation sites is 1. The zero-order valence-electron chi connectivity index (χ0n) is 18.6. The number of fused-ring (bicyclic) bond motifs is 3. The number of likely N-dealkylation sites (tertiary alicyclic amines) is 1. The van der Waals surface area contributed by atoms with Gasteiger partial charge in [-0.05, 0) is 44.1 Å². The Morgan fingerprint density at radius 3 is 2.91 bits per heavy atom. The highest BCUT2D eigenvalue weighted by Gasteiger charge is 2.72. The van der Waals surface area contributed by atoms with Gasteiger partial charge in [0.2, 0.25) is 5.91 Å². The minimum Gasteiger partial charge on any atom is -0.504 e. The monoisotopic (exact) mass is 443 g/mol. The van der Waals surface area contributed by atoms with E-state index in [-0.39, 0.29) is 17.7 Å². The number of aromatic nitrogens is 1. The van der Waals surface area contributed by atoms with Crippen molar-refractivity contribution in [2.45, 2.75) is 49.3 Å². The lowest BCUT2D eigenvalue weighted by atomic mass is 9.49. The first kappa shape index (κ1) is 19.3. The maximum Gasteiger partial charge on any atom is 0.221 e. The number of benzene rings is 2.